The van der Waals surface area contributed by atoms with Crippen molar-refractivity contribution in [3.63, 3.8) is 0 Å². The van der Waals surface area contributed by atoms with Gasteiger partial charge in [-0.15, -0.1) is 0 Å². The van der Waals surface area contributed by atoms with Gasteiger partial charge in [0, 0.05) is 37.3 Å². The molecule has 28 heavy (non-hydrogen) atoms. The molecule has 2 aromatic rings. The molecule has 1 aliphatic rings. The average Bonchev–Trinajstić information content (AvgIpc) is 2.96. The quantitative estimate of drug-likeness (QED) is 0.854. The number of halogens is 1. The van der Waals surface area contributed by atoms with Crippen LogP contribution in [0.5, 0.6) is 0 Å². The van der Waals surface area contributed by atoms with Gasteiger partial charge in [0.15, 0.2) is 0 Å². The summed E-state index contributed by atoms with van der Waals surface area (Å²) < 4.78 is 20.3. The Balaban J connectivity index is 1.92. The zero-order valence-electron chi connectivity index (χ0n) is 16.4. The van der Waals surface area contributed by atoms with Crippen LogP contribution in [0.15, 0.2) is 30.3 Å². The maximum atomic E-state index is 13.3. The Labute approximate surface area is 163 Å². The van der Waals surface area contributed by atoms with Gasteiger partial charge in [-0.2, -0.15) is 0 Å². The molecular weight excluding hydrogens is 363 g/mol. The Morgan fingerprint density at radius 2 is 1.93 bits per heavy atom. The van der Waals surface area contributed by atoms with Crippen LogP contribution in [0, 0.1) is 25.1 Å². The molecule has 0 aliphatic carbocycles. The number of carbonyl (C=O) groups is 2. The van der Waals surface area contributed by atoms with Crippen LogP contribution in [0.4, 0.5) is 4.39 Å². The summed E-state index contributed by atoms with van der Waals surface area (Å²) in [4.78, 5) is 26.7. The minimum Gasteiger partial charge on any atom is -0.481 e. The molecule has 150 valence electrons. The van der Waals surface area contributed by atoms with Crippen LogP contribution in [0.3, 0.4) is 0 Å². The number of aromatic nitrogens is 1. The number of amides is 1. The number of aryl methyl sites for hydroxylation is 1. The summed E-state index contributed by atoms with van der Waals surface area (Å²) in [5.41, 5.74) is 1.82. The fourth-order valence-corrected chi connectivity index (χ4v) is 4.07. The molecule has 1 amide bonds. The van der Waals surface area contributed by atoms with Crippen molar-refractivity contribution < 1.29 is 23.8 Å². The minimum absolute atomic E-state index is 0.0702. The molecule has 1 unspecified atom stereocenters. The van der Waals surface area contributed by atoms with Crippen molar-refractivity contribution in [2.45, 2.75) is 26.7 Å². The Bertz CT molecular complexity index is 887. The van der Waals surface area contributed by atoms with Crippen molar-refractivity contribution in [1.29, 1.82) is 0 Å². The summed E-state index contributed by atoms with van der Waals surface area (Å²) in [6, 6.07) is 7.89. The van der Waals surface area contributed by atoms with E-state index < -0.39 is 11.4 Å². The maximum Gasteiger partial charge on any atom is 0.313 e. The SMILES string of the molecule is COCC1(C(=O)O)CCCN(C(=O)c2cc(C)n(-c3ccc(F)cc3)c2C)C1. The predicted octanol–water partition coefficient (Wildman–Crippen LogP) is 3.19. The van der Waals surface area contributed by atoms with E-state index in [9.17, 15) is 19.1 Å². The number of nitrogens with zero attached hydrogens (tertiary/aromatic N) is 2. The first-order valence-corrected chi connectivity index (χ1v) is 9.25. The minimum atomic E-state index is -1.08. The number of aliphatic carboxylic acids is 1. The Hall–Kier alpha value is -2.67. The van der Waals surface area contributed by atoms with Gasteiger partial charge in [-0.1, -0.05) is 0 Å². The van der Waals surface area contributed by atoms with Crippen LogP contribution < -0.4 is 0 Å². The zero-order chi connectivity index (χ0) is 20.5. The van der Waals surface area contributed by atoms with Crippen molar-refractivity contribution >= 4 is 11.9 Å². The van der Waals surface area contributed by atoms with Crippen molar-refractivity contribution in [2.24, 2.45) is 5.41 Å². The molecule has 1 saturated heterocycles. The van der Waals surface area contributed by atoms with Gasteiger partial charge in [0.1, 0.15) is 11.2 Å². The first kappa shape index (κ1) is 20.1. The van der Waals surface area contributed by atoms with Gasteiger partial charge in [0.25, 0.3) is 5.91 Å². The second-order valence-electron chi connectivity index (χ2n) is 7.45. The van der Waals surface area contributed by atoms with Gasteiger partial charge in [-0.05, 0) is 57.0 Å². The van der Waals surface area contributed by atoms with Crippen molar-refractivity contribution in [3.05, 3.63) is 53.1 Å². The Morgan fingerprint density at radius 1 is 1.25 bits per heavy atom. The van der Waals surface area contributed by atoms with E-state index in [1.807, 2.05) is 18.4 Å². The second kappa shape index (κ2) is 7.75. The van der Waals surface area contributed by atoms with Gasteiger partial charge >= 0.3 is 5.97 Å². The monoisotopic (exact) mass is 388 g/mol. The van der Waals surface area contributed by atoms with E-state index in [1.54, 1.807) is 23.1 Å². The second-order valence-corrected chi connectivity index (χ2v) is 7.45. The fraction of sp³-hybridized carbons (Fsp3) is 0.429. The summed E-state index contributed by atoms with van der Waals surface area (Å²) >= 11 is 0. The third-order valence-electron chi connectivity index (χ3n) is 5.48. The summed E-state index contributed by atoms with van der Waals surface area (Å²) in [5.74, 6) is -1.45. The molecule has 1 aromatic carbocycles. The average molecular weight is 388 g/mol. The lowest BCUT2D eigenvalue weighted by molar-refractivity contribution is -0.155. The lowest BCUT2D eigenvalue weighted by Crippen LogP contribution is -2.52. The highest BCUT2D eigenvalue weighted by Crippen LogP contribution is 2.32. The van der Waals surface area contributed by atoms with Gasteiger partial charge < -0.3 is 19.3 Å². The van der Waals surface area contributed by atoms with E-state index in [0.717, 1.165) is 17.1 Å². The van der Waals surface area contributed by atoms with E-state index in [4.69, 9.17) is 4.74 Å². The first-order chi connectivity index (χ1) is 13.3. The van der Waals surface area contributed by atoms with Crippen LogP contribution >= 0.6 is 0 Å². The largest absolute Gasteiger partial charge is 0.481 e. The molecular formula is C21H25FN2O4. The number of carbonyl (C=O) groups excluding carboxylic acids is 1. The molecule has 1 aliphatic heterocycles. The van der Waals surface area contributed by atoms with Gasteiger partial charge in [0.2, 0.25) is 0 Å². The smallest absolute Gasteiger partial charge is 0.313 e. The van der Waals surface area contributed by atoms with Crippen molar-refractivity contribution in [3.8, 4) is 5.69 Å². The zero-order valence-corrected chi connectivity index (χ0v) is 16.4. The number of benzene rings is 1. The molecule has 1 fully saturated rings. The third-order valence-corrected chi connectivity index (χ3v) is 5.48. The lowest BCUT2D eigenvalue weighted by atomic mass is 9.80. The molecule has 7 heteroatoms. The molecule has 0 bridgehead atoms. The molecule has 0 radical (unpaired) electrons. The highest BCUT2D eigenvalue weighted by molar-refractivity contribution is 5.96. The summed E-state index contributed by atoms with van der Waals surface area (Å²) in [6.45, 7) is 4.43. The topological polar surface area (TPSA) is 71.8 Å². The number of likely N-dealkylation sites (tertiary alicyclic amines) is 1. The maximum absolute atomic E-state index is 13.3. The first-order valence-electron chi connectivity index (χ1n) is 9.25. The number of methoxy groups -OCH3 is 1. The van der Waals surface area contributed by atoms with E-state index in [0.29, 0.717) is 24.9 Å². The van der Waals surface area contributed by atoms with Crippen LogP contribution in [0.1, 0.15) is 34.6 Å². The van der Waals surface area contributed by atoms with Gasteiger partial charge in [0.05, 0.1) is 12.2 Å². The number of carboxylic acids is 1. The molecule has 3 rings (SSSR count). The molecule has 1 N–H and O–H groups in total. The highest BCUT2D eigenvalue weighted by Gasteiger charge is 2.44. The van der Waals surface area contributed by atoms with Crippen LogP contribution in [-0.4, -0.2) is 53.3 Å². The predicted molar refractivity (Wildman–Crippen MR) is 102 cm³/mol. The Kier molecular flexibility index (Phi) is 5.56. The van der Waals surface area contributed by atoms with E-state index in [-0.39, 0.29) is 24.9 Å². The fourth-order valence-electron chi connectivity index (χ4n) is 4.07. The lowest BCUT2D eigenvalue weighted by Gasteiger charge is -2.39. The molecule has 1 aromatic heterocycles. The highest BCUT2D eigenvalue weighted by atomic mass is 19.1. The van der Waals surface area contributed by atoms with Gasteiger partial charge in [-0.25, -0.2) is 4.39 Å². The molecule has 1 atom stereocenters. The number of hydrogen-bond donors (Lipinski definition) is 1. The number of hydrogen-bond acceptors (Lipinski definition) is 3. The van der Waals surface area contributed by atoms with E-state index >= 15 is 0 Å². The third kappa shape index (κ3) is 3.54. The summed E-state index contributed by atoms with van der Waals surface area (Å²) in [5, 5.41) is 9.71. The van der Waals surface area contributed by atoms with Crippen LogP contribution in [-0.2, 0) is 9.53 Å². The normalized spacial score (nSPS) is 19.6. The standard InChI is InChI=1S/C21H25FN2O4/c1-14-11-18(15(2)24(14)17-7-5-16(22)6-8-17)19(25)23-10-4-9-21(12-23,13-28-3)20(26)27/h5-8,11H,4,9-10,12-13H2,1-3H3,(H,26,27). The molecule has 6 nitrogen and oxygen atoms in total. The van der Waals surface area contributed by atoms with E-state index in [2.05, 4.69) is 0 Å². The molecule has 0 saturated carbocycles. The van der Waals surface area contributed by atoms with Crippen LogP contribution in [0.25, 0.3) is 5.69 Å². The summed E-state index contributed by atoms with van der Waals surface area (Å²) in [6.07, 6.45) is 1.09. The number of piperidine rings is 1. The van der Waals surface area contributed by atoms with Gasteiger partial charge in [-0.3, -0.25) is 9.59 Å². The summed E-state index contributed by atoms with van der Waals surface area (Å²) in [7, 11) is 1.47. The van der Waals surface area contributed by atoms with Crippen LogP contribution in [0.2, 0.25) is 0 Å². The number of rotatable bonds is 5. The Morgan fingerprint density at radius 3 is 2.54 bits per heavy atom. The van der Waals surface area contributed by atoms with Crippen molar-refractivity contribution in [1.82, 2.24) is 9.47 Å². The molecule has 0 spiro atoms. The van der Waals surface area contributed by atoms with E-state index in [1.165, 1.54) is 19.2 Å². The molecule has 2 heterocycles. The number of carboxylic acid groups (broad SMARTS) is 1. The van der Waals surface area contributed by atoms with Crippen molar-refractivity contribution in [2.75, 3.05) is 26.8 Å². The number of ether oxygens (including phenoxy) is 1.